The van der Waals surface area contributed by atoms with Gasteiger partial charge in [0, 0.05) is 44.1 Å². The number of amides is 3. The maximum atomic E-state index is 14.6. The average molecular weight is 587 g/mol. The minimum Gasteiger partial charge on any atom is -0.493 e. The van der Waals surface area contributed by atoms with Gasteiger partial charge in [-0.2, -0.15) is 5.26 Å². The summed E-state index contributed by atoms with van der Waals surface area (Å²) < 4.78 is 32.0. The van der Waals surface area contributed by atoms with Crippen molar-refractivity contribution >= 4 is 17.7 Å². The van der Waals surface area contributed by atoms with Crippen molar-refractivity contribution in [3.63, 3.8) is 0 Å². The van der Waals surface area contributed by atoms with E-state index in [1.54, 1.807) is 41.3 Å². The minimum absolute atomic E-state index is 0.110. The molecule has 222 valence electrons. The van der Waals surface area contributed by atoms with Gasteiger partial charge in [-0.15, -0.1) is 0 Å². The van der Waals surface area contributed by atoms with E-state index in [-0.39, 0.29) is 43.7 Å². The first kappa shape index (κ1) is 29.4. The SMILES string of the molecule is COc1ccc2cc1OCC(=O)N[C@@H]1CN(C(=O)c3cccc(C#N)c3)CC[C@H]1Oc1cc(F)cc(c1)CNC(=O)CC2. The van der Waals surface area contributed by atoms with Crippen LogP contribution in [-0.2, 0) is 22.6 Å². The predicted octanol–water partition coefficient (Wildman–Crippen LogP) is 3.13. The van der Waals surface area contributed by atoms with E-state index < -0.39 is 23.9 Å². The standard InChI is InChI=1S/C32H31FN4O6/c1-41-28-7-5-20-6-8-30(38)35-17-22-12-24(33)15-25(13-22)43-27-9-10-37(32(40)23-4-2-3-21(11-23)16-34)18-26(27)36-31(39)19-42-29(28)14-20/h2-5,7,11-15,26-27H,6,8-10,17-19H2,1H3,(H,35,38)(H,36,39)/t26-,27-/m1/s1. The van der Waals surface area contributed by atoms with Gasteiger partial charge in [0.25, 0.3) is 11.8 Å². The summed E-state index contributed by atoms with van der Waals surface area (Å²) in [5, 5.41) is 15.0. The molecule has 0 aromatic heterocycles. The Kier molecular flexibility index (Phi) is 9.05. The number of rotatable bonds is 2. The van der Waals surface area contributed by atoms with Crippen molar-refractivity contribution in [3.05, 3.63) is 88.7 Å². The Labute approximate surface area is 248 Å². The van der Waals surface area contributed by atoms with Crippen molar-refractivity contribution in [2.24, 2.45) is 0 Å². The zero-order valence-electron chi connectivity index (χ0n) is 23.6. The summed E-state index contributed by atoms with van der Waals surface area (Å²) in [7, 11) is 1.49. The number of nitrogens with one attached hydrogen (secondary N) is 2. The highest BCUT2D eigenvalue weighted by molar-refractivity contribution is 5.94. The van der Waals surface area contributed by atoms with Crippen molar-refractivity contribution < 1.29 is 33.0 Å². The van der Waals surface area contributed by atoms with Crippen LogP contribution in [0, 0.1) is 17.1 Å². The molecule has 0 aliphatic carbocycles. The third kappa shape index (κ3) is 7.40. The van der Waals surface area contributed by atoms with Crippen molar-refractivity contribution in [2.45, 2.75) is 38.0 Å². The van der Waals surface area contributed by atoms with Crippen molar-refractivity contribution in [1.29, 1.82) is 5.26 Å². The molecule has 2 aliphatic rings. The molecule has 1 saturated heterocycles. The van der Waals surface area contributed by atoms with Gasteiger partial charge in [0.05, 0.1) is 24.8 Å². The van der Waals surface area contributed by atoms with Crippen LogP contribution in [0.4, 0.5) is 4.39 Å². The van der Waals surface area contributed by atoms with Gasteiger partial charge in [-0.3, -0.25) is 14.4 Å². The number of halogens is 1. The number of nitriles is 1. The van der Waals surface area contributed by atoms with Crippen LogP contribution in [-0.4, -0.2) is 61.6 Å². The molecule has 4 bridgehead atoms. The van der Waals surface area contributed by atoms with E-state index in [2.05, 4.69) is 10.6 Å². The fourth-order valence-electron chi connectivity index (χ4n) is 5.19. The molecule has 11 heteroatoms. The quantitative estimate of drug-likeness (QED) is 0.472. The second-order valence-corrected chi connectivity index (χ2v) is 10.4. The third-order valence-electron chi connectivity index (χ3n) is 7.36. The van der Waals surface area contributed by atoms with Gasteiger partial charge in [0.15, 0.2) is 18.1 Å². The van der Waals surface area contributed by atoms with Crippen LogP contribution in [0.25, 0.3) is 0 Å². The minimum atomic E-state index is -0.661. The summed E-state index contributed by atoms with van der Waals surface area (Å²) in [5.74, 6) is -0.437. The van der Waals surface area contributed by atoms with Gasteiger partial charge in [-0.05, 0) is 60.0 Å². The van der Waals surface area contributed by atoms with Crippen LogP contribution in [0.15, 0.2) is 60.7 Å². The number of hydrogen-bond acceptors (Lipinski definition) is 7. The molecular formula is C32H31FN4O6. The van der Waals surface area contributed by atoms with Crippen LogP contribution in [0.2, 0.25) is 0 Å². The molecule has 3 aromatic rings. The van der Waals surface area contributed by atoms with Gasteiger partial charge < -0.3 is 29.7 Å². The molecule has 0 unspecified atom stereocenters. The van der Waals surface area contributed by atoms with Gasteiger partial charge >= 0.3 is 0 Å². The summed E-state index contributed by atoms with van der Waals surface area (Å²) in [6.07, 6.45) is 0.360. The molecule has 2 aliphatic heterocycles. The highest BCUT2D eigenvalue weighted by atomic mass is 19.1. The molecule has 10 nitrogen and oxygen atoms in total. The normalized spacial score (nSPS) is 19.1. The molecule has 1 fully saturated rings. The van der Waals surface area contributed by atoms with E-state index in [4.69, 9.17) is 14.2 Å². The molecule has 5 rings (SSSR count). The first-order valence-electron chi connectivity index (χ1n) is 13.9. The monoisotopic (exact) mass is 586 g/mol. The van der Waals surface area contributed by atoms with Crippen LogP contribution < -0.4 is 24.8 Å². The second kappa shape index (κ2) is 13.2. The molecule has 3 aromatic carbocycles. The number of piperidine rings is 1. The Hall–Kier alpha value is -5.11. The Bertz CT molecular complexity index is 1570. The Morgan fingerprint density at radius 2 is 1.93 bits per heavy atom. The number of carbonyl (C=O) groups is 3. The Morgan fingerprint density at radius 3 is 2.74 bits per heavy atom. The molecular weight excluding hydrogens is 555 g/mol. The first-order chi connectivity index (χ1) is 20.8. The summed E-state index contributed by atoms with van der Waals surface area (Å²) in [4.78, 5) is 40.6. The lowest BCUT2D eigenvalue weighted by Gasteiger charge is -2.39. The van der Waals surface area contributed by atoms with E-state index in [0.717, 1.165) is 5.56 Å². The van der Waals surface area contributed by atoms with Crippen molar-refractivity contribution in [3.8, 4) is 23.3 Å². The summed E-state index contributed by atoms with van der Waals surface area (Å²) in [6, 6.07) is 17.3. The summed E-state index contributed by atoms with van der Waals surface area (Å²) in [5.41, 5.74) is 2.06. The average Bonchev–Trinajstić information content (AvgIpc) is 3.01. The largest absolute Gasteiger partial charge is 0.493 e. The van der Waals surface area contributed by atoms with Gasteiger partial charge in [-0.25, -0.2) is 4.39 Å². The van der Waals surface area contributed by atoms with Crippen molar-refractivity contribution in [2.75, 3.05) is 26.8 Å². The predicted molar refractivity (Wildman–Crippen MR) is 153 cm³/mol. The molecule has 2 atom stereocenters. The molecule has 0 radical (unpaired) electrons. The van der Waals surface area contributed by atoms with Gasteiger partial charge in [0.2, 0.25) is 5.91 Å². The first-order valence-corrected chi connectivity index (χ1v) is 13.9. The second-order valence-electron chi connectivity index (χ2n) is 10.4. The molecule has 0 spiro atoms. The van der Waals surface area contributed by atoms with Gasteiger partial charge in [0.1, 0.15) is 17.7 Å². The Balaban J connectivity index is 1.42. The number of aryl methyl sites for hydroxylation is 1. The number of nitrogens with zero attached hydrogens (tertiary/aromatic N) is 2. The van der Waals surface area contributed by atoms with E-state index in [1.807, 2.05) is 12.1 Å². The zero-order chi connectivity index (χ0) is 30.3. The topological polar surface area (TPSA) is 130 Å². The van der Waals surface area contributed by atoms with Gasteiger partial charge in [-0.1, -0.05) is 12.1 Å². The highest BCUT2D eigenvalue weighted by Gasteiger charge is 2.35. The van der Waals surface area contributed by atoms with Crippen LogP contribution in [0.5, 0.6) is 17.2 Å². The van der Waals surface area contributed by atoms with E-state index in [9.17, 15) is 24.0 Å². The highest BCUT2D eigenvalue weighted by Crippen LogP contribution is 2.29. The molecule has 0 saturated carbocycles. The number of benzene rings is 3. The Morgan fingerprint density at radius 1 is 1.07 bits per heavy atom. The third-order valence-corrected chi connectivity index (χ3v) is 7.36. The number of carbonyl (C=O) groups excluding carboxylic acids is 3. The number of likely N-dealkylation sites (tertiary alicyclic amines) is 1. The lowest BCUT2D eigenvalue weighted by atomic mass is 10.00. The molecule has 2 N–H and O–H groups in total. The fourth-order valence-corrected chi connectivity index (χ4v) is 5.19. The maximum absolute atomic E-state index is 14.6. The molecule has 43 heavy (non-hydrogen) atoms. The number of ether oxygens (including phenoxy) is 3. The van der Waals surface area contributed by atoms with Crippen molar-refractivity contribution in [1.82, 2.24) is 15.5 Å². The van der Waals surface area contributed by atoms with E-state index in [1.165, 1.54) is 25.3 Å². The fraction of sp³-hybridized carbons (Fsp3) is 0.312. The summed E-state index contributed by atoms with van der Waals surface area (Å²) >= 11 is 0. The number of hydrogen-bond donors (Lipinski definition) is 2. The van der Waals surface area contributed by atoms with E-state index in [0.29, 0.717) is 47.6 Å². The lowest BCUT2D eigenvalue weighted by molar-refractivity contribution is -0.125. The number of methoxy groups -OCH3 is 1. The maximum Gasteiger partial charge on any atom is 0.258 e. The zero-order valence-corrected chi connectivity index (χ0v) is 23.6. The van der Waals surface area contributed by atoms with Crippen LogP contribution >= 0.6 is 0 Å². The van der Waals surface area contributed by atoms with E-state index >= 15 is 0 Å². The lowest BCUT2D eigenvalue weighted by Crippen LogP contribution is -2.58. The summed E-state index contributed by atoms with van der Waals surface area (Å²) in [6.45, 7) is 0.193. The smallest absolute Gasteiger partial charge is 0.258 e. The van der Waals surface area contributed by atoms with Crippen LogP contribution in [0.3, 0.4) is 0 Å². The number of fused-ring (bicyclic) bond motifs is 5. The molecule has 3 amide bonds. The molecule has 2 heterocycles. The van der Waals surface area contributed by atoms with Crippen LogP contribution in [0.1, 0.15) is 39.9 Å².